The van der Waals surface area contributed by atoms with Gasteiger partial charge in [0, 0.05) is 12.3 Å². The van der Waals surface area contributed by atoms with Crippen LogP contribution in [-0.4, -0.2) is 52.9 Å². The van der Waals surface area contributed by atoms with Gasteiger partial charge in [0.15, 0.2) is 0 Å². The van der Waals surface area contributed by atoms with Crippen molar-refractivity contribution in [1.29, 1.82) is 0 Å². The highest BCUT2D eigenvalue weighted by molar-refractivity contribution is 5.03. The second-order valence-electron chi connectivity index (χ2n) is 8.33. The summed E-state index contributed by atoms with van der Waals surface area (Å²) in [6, 6.07) is -0.352. The molecule has 0 radical (unpaired) electrons. The predicted molar refractivity (Wildman–Crippen MR) is 101 cm³/mol. The third-order valence-corrected chi connectivity index (χ3v) is 4.98. The highest BCUT2D eigenvalue weighted by Gasteiger charge is 2.41. The first-order valence-electron chi connectivity index (χ1n) is 9.67. The second-order valence-corrected chi connectivity index (χ2v) is 8.33. The molecule has 25 heavy (non-hydrogen) atoms. The molecule has 148 valence electrons. The van der Waals surface area contributed by atoms with Crippen LogP contribution in [0.25, 0.3) is 0 Å². The number of nitrogens with one attached hydrogen (secondary N) is 1. The summed E-state index contributed by atoms with van der Waals surface area (Å²) in [5, 5.41) is 23.8. The van der Waals surface area contributed by atoms with Crippen molar-refractivity contribution in [3.63, 3.8) is 0 Å². The minimum absolute atomic E-state index is 0.185. The van der Waals surface area contributed by atoms with Gasteiger partial charge in [0.05, 0.1) is 23.9 Å². The van der Waals surface area contributed by atoms with Crippen molar-refractivity contribution in [3.05, 3.63) is 12.3 Å². The van der Waals surface area contributed by atoms with Gasteiger partial charge in [0.2, 0.25) is 0 Å². The maximum absolute atomic E-state index is 10.4. The number of aliphatic hydroxyl groups excluding tert-OH is 2. The zero-order valence-corrected chi connectivity index (χ0v) is 16.9. The number of hydrogen-bond donors (Lipinski definition) is 3. The van der Waals surface area contributed by atoms with Crippen LogP contribution in [0.3, 0.4) is 0 Å². The van der Waals surface area contributed by atoms with Gasteiger partial charge in [-0.3, -0.25) is 0 Å². The Bertz CT molecular complexity index is 411. The minimum Gasteiger partial charge on any atom is -0.388 e. The summed E-state index contributed by atoms with van der Waals surface area (Å²) >= 11 is 0. The first-order chi connectivity index (χ1) is 11.6. The maximum Gasteiger partial charge on any atom is 0.108 e. The Morgan fingerprint density at radius 2 is 1.92 bits per heavy atom. The van der Waals surface area contributed by atoms with E-state index >= 15 is 0 Å². The topological polar surface area (TPSA) is 71.0 Å². The molecule has 3 N–H and O–H groups in total. The van der Waals surface area contributed by atoms with Gasteiger partial charge in [-0.15, -0.1) is 0 Å². The number of aliphatic hydroxyl groups is 2. The third-order valence-electron chi connectivity index (χ3n) is 4.98. The average Bonchev–Trinajstić information content (AvgIpc) is 2.52. The summed E-state index contributed by atoms with van der Waals surface area (Å²) in [5.41, 5.74) is 0.627. The van der Waals surface area contributed by atoms with E-state index in [-0.39, 0.29) is 23.9 Å². The summed E-state index contributed by atoms with van der Waals surface area (Å²) < 4.78 is 11.8. The molecule has 0 amide bonds. The van der Waals surface area contributed by atoms with E-state index in [2.05, 4.69) is 39.6 Å². The molecule has 0 aliphatic carbocycles. The van der Waals surface area contributed by atoms with Crippen LogP contribution in [0, 0.1) is 5.92 Å². The van der Waals surface area contributed by atoms with E-state index in [9.17, 15) is 10.2 Å². The smallest absolute Gasteiger partial charge is 0.108 e. The normalized spacial score (nSPS) is 30.5. The van der Waals surface area contributed by atoms with Crippen molar-refractivity contribution in [2.75, 3.05) is 6.61 Å². The largest absolute Gasteiger partial charge is 0.388 e. The van der Waals surface area contributed by atoms with E-state index in [1.165, 1.54) is 0 Å². The van der Waals surface area contributed by atoms with Gasteiger partial charge in [0.25, 0.3) is 0 Å². The standard InChI is InChI=1S/C20H39NO4/c1-8-16-18(22)19(23)17(15(5)25-16)21-14(4)9-11-20(6,7)24-12-10-13(2)3/h13,15-19,21-23H,4,8-12H2,1-3,5-7H3. The lowest BCUT2D eigenvalue weighted by molar-refractivity contribution is -0.178. The van der Waals surface area contributed by atoms with Crippen LogP contribution >= 0.6 is 0 Å². The van der Waals surface area contributed by atoms with E-state index in [4.69, 9.17) is 9.47 Å². The molecule has 5 nitrogen and oxygen atoms in total. The van der Waals surface area contributed by atoms with E-state index < -0.39 is 12.2 Å². The zero-order chi connectivity index (χ0) is 19.2. The third kappa shape index (κ3) is 7.26. The monoisotopic (exact) mass is 357 g/mol. The molecule has 0 saturated carbocycles. The van der Waals surface area contributed by atoms with Crippen molar-refractivity contribution < 1.29 is 19.7 Å². The summed E-state index contributed by atoms with van der Waals surface area (Å²) in [6.45, 7) is 17.3. The molecule has 1 heterocycles. The van der Waals surface area contributed by atoms with E-state index in [1.54, 1.807) is 0 Å². The predicted octanol–water partition coefficient (Wildman–Crippen LogP) is 3.00. The number of allylic oxidation sites excluding steroid dienone is 1. The number of ether oxygens (including phenoxy) is 2. The molecular weight excluding hydrogens is 318 g/mol. The molecule has 5 heteroatoms. The van der Waals surface area contributed by atoms with Gasteiger partial charge in [-0.05, 0) is 52.4 Å². The molecule has 1 saturated heterocycles. The molecule has 0 aromatic heterocycles. The van der Waals surface area contributed by atoms with E-state index in [0.717, 1.165) is 31.6 Å². The van der Waals surface area contributed by atoms with Crippen molar-refractivity contribution in [3.8, 4) is 0 Å². The van der Waals surface area contributed by atoms with Crippen LogP contribution in [0.1, 0.15) is 67.2 Å². The fourth-order valence-corrected chi connectivity index (χ4v) is 3.09. The van der Waals surface area contributed by atoms with Gasteiger partial charge in [-0.25, -0.2) is 0 Å². The lowest BCUT2D eigenvalue weighted by atomic mass is 9.91. The lowest BCUT2D eigenvalue weighted by Crippen LogP contribution is -2.61. The second kappa shape index (κ2) is 9.91. The molecule has 1 rings (SSSR count). The minimum atomic E-state index is -0.873. The molecule has 5 atom stereocenters. The zero-order valence-electron chi connectivity index (χ0n) is 16.9. The molecule has 0 aromatic rings. The highest BCUT2D eigenvalue weighted by atomic mass is 16.5. The van der Waals surface area contributed by atoms with Gasteiger partial charge < -0.3 is 25.0 Å². The van der Waals surface area contributed by atoms with Gasteiger partial charge in [0.1, 0.15) is 12.2 Å². The maximum atomic E-state index is 10.4. The Hall–Kier alpha value is -0.620. The lowest BCUT2D eigenvalue weighted by Gasteiger charge is -2.42. The van der Waals surface area contributed by atoms with E-state index in [0.29, 0.717) is 12.3 Å². The van der Waals surface area contributed by atoms with Gasteiger partial charge >= 0.3 is 0 Å². The highest BCUT2D eigenvalue weighted by Crippen LogP contribution is 2.25. The quantitative estimate of drug-likeness (QED) is 0.561. The molecule has 0 bridgehead atoms. The molecule has 0 spiro atoms. The average molecular weight is 358 g/mol. The Kier molecular flexibility index (Phi) is 8.89. The van der Waals surface area contributed by atoms with Crippen LogP contribution in [-0.2, 0) is 9.47 Å². The van der Waals surface area contributed by atoms with Crippen molar-refractivity contribution in [2.45, 2.75) is 103 Å². The number of rotatable bonds is 10. The molecule has 5 unspecified atom stereocenters. The summed E-state index contributed by atoms with van der Waals surface area (Å²) in [6.07, 6.45) is 1.09. The van der Waals surface area contributed by atoms with Crippen molar-refractivity contribution in [2.24, 2.45) is 5.92 Å². The Morgan fingerprint density at radius 3 is 2.48 bits per heavy atom. The van der Waals surface area contributed by atoms with E-state index in [1.807, 2.05) is 13.8 Å². The Morgan fingerprint density at radius 1 is 1.28 bits per heavy atom. The summed E-state index contributed by atoms with van der Waals surface area (Å²) in [5.74, 6) is 0.639. The van der Waals surface area contributed by atoms with Crippen LogP contribution < -0.4 is 5.32 Å². The summed E-state index contributed by atoms with van der Waals surface area (Å²) in [4.78, 5) is 0. The molecule has 1 aliphatic heterocycles. The van der Waals surface area contributed by atoms with Crippen LogP contribution in [0.15, 0.2) is 12.3 Å². The first kappa shape index (κ1) is 22.4. The van der Waals surface area contributed by atoms with Crippen molar-refractivity contribution >= 4 is 0 Å². The van der Waals surface area contributed by atoms with Crippen LogP contribution in [0.2, 0.25) is 0 Å². The number of hydrogen-bond acceptors (Lipinski definition) is 5. The molecule has 1 aliphatic rings. The molecule has 1 fully saturated rings. The van der Waals surface area contributed by atoms with Crippen LogP contribution in [0.5, 0.6) is 0 Å². The summed E-state index contributed by atoms with van der Waals surface area (Å²) in [7, 11) is 0. The SMILES string of the molecule is C=C(CCC(C)(C)OCCC(C)C)NC1C(C)OC(CC)C(O)C1O. The van der Waals surface area contributed by atoms with Gasteiger partial charge in [-0.2, -0.15) is 0 Å². The Balaban J connectivity index is 2.45. The first-order valence-corrected chi connectivity index (χ1v) is 9.67. The van der Waals surface area contributed by atoms with Gasteiger partial charge in [-0.1, -0.05) is 27.4 Å². The van der Waals surface area contributed by atoms with Crippen molar-refractivity contribution in [1.82, 2.24) is 5.32 Å². The Labute approximate surface area is 153 Å². The molecular formula is C20H39NO4. The fraction of sp³-hybridized carbons (Fsp3) is 0.900. The fourth-order valence-electron chi connectivity index (χ4n) is 3.09. The van der Waals surface area contributed by atoms with Crippen LogP contribution in [0.4, 0.5) is 0 Å². The molecule has 0 aromatic carbocycles.